The first-order valence-corrected chi connectivity index (χ1v) is 6.37. The predicted molar refractivity (Wildman–Crippen MR) is 69.0 cm³/mol. The lowest BCUT2D eigenvalue weighted by Crippen LogP contribution is -2.22. The fraction of sp³-hybridized carbons (Fsp3) is 0.500. The summed E-state index contributed by atoms with van der Waals surface area (Å²) in [6.07, 6.45) is -1.90. The molecule has 0 spiro atoms. The second-order valence-electron chi connectivity index (χ2n) is 4.43. The number of β-amino-alcohol motifs (C(OH)–C–C–N with tert-alkyl or cyclic N) is 2. The van der Waals surface area contributed by atoms with Crippen LogP contribution in [0, 0.1) is 0 Å². The molecular weight excluding hydrogens is 286 g/mol. The number of aliphatic hydroxyl groups is 3. The van der Waals surface area contributed by atoms with Gasteiger partial charge in [-0.15, -0.1) is 0 Å². The summed E-state index contributed by atoms with van der Waals surface area (Å²) in [5.74, 6) is 0. The van der Waals surface area contributed by atoms with Crippen molar-refractivity contribution in [3.8, 4) is 0 Å². The minimum atomic E-state index is -0.696. The van der Waals surface area contributed by atoms with Crippen molar-refractivity contribution < 1.29 is 15.3 Å². The van der Waals surface area contributed by atoms with Gasteiger partial charge in [-0.25, -0.2) is 0 Å². The summed E-state index contributed by atoms with van der Waals surface area (Å²) in [6.45, 7) is 2.56. The predicted octanol–water partition coefficient (Wildman–Crippen LogP) is 1.04. The van der Waals surface area contributed by atoms with Crippen LogP contribution in [0.25, 0.3) is 0 Å². The molecule has 0 bridgehead atoms. The van der Waals surface area contributed by atoms with E-state index in [1.165, 1.54) is 0 Å². The molecule has 1 aliphatic heterocycles. The van der Waals surface area contributed by atoms with Crippen molar-refractivity contribution in [2.24, 2.45) is 0 Å². The average Bonchev–Trinajstić information content (AvgIpc) is 2.58. The van der Waals surface area contributed by atoms with Crippen LogP contribution in [0.5, 0.6) is 0 Å². The topological polar surface area (TPSA) is 63.9 Å². The van der Waals surface area contributed by atoms with Crippen LogP contribution in [0.3, 0.4) is 0 Å². The molecule has 1 aromatic carbocycles. The van der Waals surface area contributed by atoms with Crippen LogP contribution >= 0.6 is 15.9 Å². The molecule has 0 amide bonds. The lowest BCUT2D eigenvalue weighted by Gasteiger charge is -2.20. The molecular formula is C12H16BrNO3. The third-order valence-electron chi connectivity index (χ3n) is 3.05. The van der Waals surface area contributed by atoms with Crippen molar-refractivity contribution in [1.82, 2.24) is 0 Å². The highest BCUT2D eigenvalue weighted by Crippen LogP contribution is 2.31. The summed E-state index contributed by atoms with van der Waals surface area (Å²) in [5.41, 5.74) is 1.76. The van der Waals surface area contributed by atoms with Crippen LogP contribution in [0.2, 0.25) is 0 Å². The first kappa shape index (κ1) is 12.8. The number of benzene rings is 1. The lowest BCUT2D eigenvalue weighted by molar-refractivity contribution is 0.0572. The van der Waals surface area contributed by atoms with Crippen LogP contribution in [-0.2, 0) is 0 Å². The smallest absolute Gasteiger partial charge is 0.0990 e. The van der Waals surface area contributed by atoms with Crippen molar-refractivity contribution in [3.63, 3.8) is 0 Å². The number of hydrogen-bond acceptors (Lipinski definition) is 4. The summed E-state index contributed by atoms with van der Waals surface area (Å²) in [6, 6.07) is 5.59. The zero-order valence-corrected chi connectivity index (χ0v) is 11.1. The van der Waals surface area contributed by atoms with E-state index in [9.17, 15) is 15.3 Å². The molecule has 5 heteroatoms. The third kappa shape index (κ3) is 2.63. The number of rotatable bonds is 2. The third-order valence-corrected chi connectivity index (χ3v) is 3.69. The Hall–Kier alpha value is -0.620. The van der Waals surface area contributed by atoms with Gasteiger partial charge in [0.2, 0.25) is 0 Å². The maximum Gasteiger partial charge on any atom is 0.0990 e. The minimum absolute atomic E-state index is 0.424. The first-order valence-electron chi connectivity index (χ1n) is 5.57. The van der Waals surface area contributed by atoms with E-state index < -0.39 is 18.3 Å². The molecule has 0 saturated carbocycles. The number of hydrogen-bond donors (Lipinski definition) is 3. The standard InChI is InChI=1S/C12H16BrNO3/c1-7(15)8-2-3-10(9(13)4-8)14-5-11(16)12(17)6-14/h2-4,7,11-12,15-17H,5-6H2,1H3/t7-,11?,12?/m0/s1. The Morgan fingerprint density at radius 3 is 2.35 bits per heavy atom. The molecule has 0 radical (unpaired) electrons. The van der Waals surface area contributed by atoms with E-state index in [4.69, 9.17) is 0 Å². The maximum absolute atomic E-state index is 9.52. The van der Waals surface area contributed by atoms with Crippen molar-refractivity contribution in [2.45, 2.75) is 25.2 Å². The monoisotopic (exact) mass is 301 g/mol. The number of nitrogens with zero attached hydrogens (tertiary/aromatic N) is 1. The zero-order chi connectivity index (χ0) is 12.6. The largest absolute Gasteiger partial charge is 0.389 e. The maximum atomic E-state index is 9.52. The van der Waals surface area contributed by atoms with Crippen molar-refractivity contribution >= 4 is 21.6 Å². The Kier molecular flexibility index (Phi) is 3.73. The SMILES string of the molecule is C[C@H](O)c1ccc(N2CC(O)C(O)C2)c(Br)c1. The van der Waals surface area contributed by atoms with Gasteiger partial charge in [-0.1, -0.05) is 6.07 Å². The van der Waals surface area contributed by atoms with Gasteiger partial charge in [0.25, 0.3) is 0 Å². The highest BCUT2D eigenvalue weighted by molar-refractivity contribution is 9.10. The van der Waals surface area contributed by atoms with Crippen LogP contribution in [-0.4, -0.2) is 40.6 Å². The molecule has 3 N–H and O–H groups in total. The number of anilines is 1. The molecule has 2 rings (SSSR count). The molecule has 1 heterocycles. The number of aliphatic hydroxyl groups excluding tert-OH is 3. The lowest BCUT2D eigenvalue weighted by atomic mass is 10.1. The van der Waals surface area contributed by atoms with E-state index in [1.54, 1.807) is 6.92 Å². The van der Waals surface area contributed by atoms with E-state index in [0.29, 0.717) is 13.1 Å². The molecule has 4 nitrogen and oxygen atoms in total. The minimum Gasteiger partial charge on any atom is -0.389 e. The van der Waals surface area contributed by atoms with Gasteiger partial charge in [0, 0.05) is 17.6 Å². The Morgan fingerprint density at radius 1 is 1.29 bits per heavy atom. The fourth-order valence-electron chi connectivity index (χ4n) is 2.01. The van der Waals surface area contributed by atoms with Gasteiger partial charge < -0.3 is 20.2 Å². The van der Waals surface area contributed by atoms with E-state index >= 15 is 0 Å². The van der Waals surface area contributed by atoms with Gasteiger partial charge in [0.1, 0.15) is 0 Å². The second-order valence-corrected chi connectivity index (χ2v) is 5.28. The zero-order valence-electron chi connectivity index (χ0n) is 9.55. The highest BCUT2D eigenvalue weighted by atomic mass is 79.9. The Bertz CT molecular complexity index is 401. The quantitative estimate of drug-likeness (QED) is 0.764. The normalized spacial score (nSPS) is 26.3. The highest BCUT2D eigenvalue weighted by Gasteiger charge is 2.30. The summed E-state index contributed by atoms with van der Waals surface area (Å²) in [5, 5.41) is 28.5. The van der Waals surface area contributed by atoms with E-state index in [1.807, 2.05) is 23.1 Å². The Morgan fingerprint density at radius 2 is 1.88 bits per heavy atom. The second kappa shape index (κ2) is 4.94. The molecule has 0 aromatic heterocycles. The van der Waals surface area contributed by atoms with Crippen LogP contribution in [0.15, 0.2) is 22.7 Å². The van der Waals surface area contributed by atoms with Gasteiger partial charge in [-0.05, 0) is 40.5 Å². The summed E-state index contributed by atoms with van der Waals surface area (Å²) < 4.78 is 0.859. The molecule has 1 aliphatic rings. The van der Waals surface area contributed by atoms with Crippen molar-refractivity contribution in [3.05, 3.63) is 28.2 Å². The average molecular weight is 302 g/mol. The summed E-state index contributed by atoms with van der Waals surface area (Å²) in [7, 11) is 0. The van der Waals surface area contributed by atoms with Crippen molar-refractivity contribution in [2.75, 3.05) is 18.0 Å². The summed E-state index contributed by atoms with van der Waals surface area (Å²) >= 11 is 3.45. The van der Waals surface area contributed by atoms with E-state index in [-0.39, 0.29) is 0 Å². The van der Waals surface area contributed by atoms with Gasteiger partial charge in [0.05, 0.1) is 24.0 Å². The summed E-state index contributed by atoms with van der Waals surface area (Å²) in [4.78, 5) is 1.92. The first-order chi connectivity index (χ1) is 7.99. The molecule has 1 fully saturated rings. The number of halogens is 1. The van der Waals surface area contributed by atoms with Crippen LogP contribution in [0.1, 0.15) is 18.6 Å². The van der Waals surface area contributed by atoms with Gasteiger partial charge in [-0.2, -0.15) is 0 Å². The van der Waals surface area contributed by atoms with Crippen molar-refractivity contribution in [1.29, 1.82) is 0 Å². The van der Waals surface area contributed by atoms with Crippen LogP contribution in [0.4, 0.5) is 5.69 Å². The molecule has 0 aliphatic carbocycles. The molecule has 1 saturated heterocycles. The molecule has 1 aromatic rings. The fourth-order valence-corrected chi connectivity index (χ4v) is 2.65. The van der Waals surface area contributed by atoms with E-state index in [0.717, 1.165) is 15.7 Å². The van der Waals surface area contributed by atoms with Gasteiger partial charge >= 0.3 is 0 Å². The van der Waals surface area contributed by atoms with E-state index in [2.05, 4.69) is 15.9 Å². The van der Waals surface area contributed by atoms with Gasteiger partial charge in [0.15, 0.2) is 0 Å². The Labute approximate surface area is 109 Å². The molecule has 3 atom stereocenters. The molecule has 17 heavy (non-hydrogen) atoms. The molecule has 2 unspecified atom stereocenters. The Balaban J connectivity index is 2.23. The van der Waals surface area contributed by atoms with Crippen LogP contribution < -0.4 is 4.90 Å². The van der Waals surface area contributed by atoms with Gasteiger partial charge in [-0.3, -0.25) is 0 Å². The molecule has 94 valence electrons.